The van der Waals surface area contributed by atoms with Crippen LogP contribution in [-0.2, 0) is 16.0 Å². The van der Waals surface area contributed by atoms with Crippen LogP contribution in [0.15, 0.2) is 22.6 Å². The largest absolute Gasteiger partial charge is 0.755 e. The van der Waals surface area contributed by atoms with Crippen molar-refractivity contribution in [3.05, 3.63) is 29.5 Å². The maximum atomic E-state index is 11.9. The summed E-state index contributed by atoms with van der Waals surface area (Å²) in [5, 5.41) is 0.713. The minimum Gasteiger partial charge on any atom is -0.755 e. The lowest BCUT2D eigenvalue weighted by Gasteiger charge is -2.32. The van der Waals surface area contributed by atoms with E-state index < -0.39 is 17.2 Å². The molecule has 1 aliphatic carbocycles. The van der Waals surface area contributed by atoms with E-state index in [0.717, 1.165) is 12.8 Å². The summed E-state index contributed by atoms with van der Waals surface area (Å²) in [4.78, 5) is 11.9. The minimum atomic E-state index is -2.35. The Balaban J connectivity index is 2.06. The van der Waals surface area contributed by atoms with Crippen LogP contribution in [0.1, 0.15) is 42.8 Å². The van der Waals surface area contributed by atoms with Crippen LogP contribution in [-0.4, -0.2) is 26.9 Å². The first kappa shape index (κ1) is 16.0. The highest BCUT2D eigenvalue weighted by Gasteiger charge is 2.44. The molecule has 7 heteroatoms. The maximum Gasteiger partial charge on any atom is 0.374 e. The molecule has 1 aromatic heterocycles. The van der Waals surface area contributed by atoms with Crippen molar-refractivity contribution < 1.29 is 22.7 Å². The van der Waals surface area contributed by atoms with Gasteiger partial charge in [-0.3, -0.25) is 8.51 Å². The smallest absolute Gasteiger partial charge is 0.374 e. The van der Waals surface area contributed by atoms with Crippen LogP contribution in [0.2, 0.25) is 0 Å². The molecule has 0 amide bonds. The van der Waals surface area contributed by atoms with Crippen LogP contribution in [0, 0.1) is 6.92 Å². The molecule has 3 rings (SSSR count). The van der Waals surface area contributed by atoms with Crippen molar-refractivity contribution in [2.75, 3.05) is 10.9 Å². The molecule has 0 N–H and O–H groups in total. The van der Waals surface area contributed by atoms with Gasteiger partial charge in [-0.05, 0) is 51.8 Å². The summed E-state index contributed by atoms with van der Waals surface area (Å²) >= 11 is -2.35. The molecule has 2 aromatic rings. The Bertz CT molecular complexity index is 793. The number of furan rings is 1. The van der Waals surface area contributed by atoms with Gasteiger partial charge in [0.1, 0.15) is 5.58 Å². The van der Waals surface area contributed by atoms with Crippen molar-refractivity contribution in [3.63, 3.8) is 0 Å². The molecule has 0 bridgehead atoms. The van der Waals surface area contributed by atoms with E-state index in [9.17, 15) is 13.6 Å². The van der Waals surface area contributed by atoms with E-state index in [-0.39, 0.29) is 17.9 Å². The fraction of sp³-hybridized carbons (Fsp3) is 0.438. The first-order chi connectivity index (χ1) is 10.9. The molecule has 1 atom stereocenters. The monoisotopic (exact) mass is 336 g/mol. The third kappa shape index (κ3) is 2.74. The molecule has 1 heterocycles. The Morgan fingerprint density at radius 3 is 2.74 bits per heavy atom. The number of nitrogens with zero attached hydrogens (tertiary/aromatic N) is 1. The van der Waals surface area contributed by atoms with Crippen molar-refractivity contribution >= 4 is 33.9 Å². The van der Waals surface area contributed by atoms with Crippen LogP contribution in [0.25, 0.3) is 11.0 Å². The van der Waals surface area contributed by atoms with Gasteiger partial charge in [-0.1, -0.05) is 0 Å². The molecule has 1 unspecified atom stereocenters. The van der Waals surface area contributed by atoms with E-state index in [2.05, 4.69) is 0 Å². The van der Waals surface area contributed by atoms with E-state index in [1.54, 1.807) is 32.0 Å². The van der Waals surface area contributed by atoms with E-state index >= 15 is 0 Å². The molecule has 6 nitrogen and oxygen atoms in total. The number of carbonyl (C=O) groups excluding carboxylic acids is 1. The van der Waals surface area contributed by atoms with Crippen molar-refractivity contribution in [3.8, 4) is 0 Å². The van der Waals surface area contributed by atoms with E-state index in [0.29, 0.717) is 22.2 Å². The van der Waals surface area contributed by atoms with Crippen LogP contribution >= 0.6 is 0 Å². The summed E-state index contributed by atoms with van der Waals surface area (Å²) in [6, 6.07) is 5.13. The van der Waals surface area contributed by atoms with Crippen molar-refractivity contribution in [2.45, 2.75) is 39.2 Å². The van der Waals surface area contributed by atoms with E-state index in [1.165, 1.54) is 4.31 Å². The molecule has 0 aliphatic heterocycles. The average Bonchev–Trinajstić information content (AvgIpc) is 3.13. The second-order valence-corrected chi connectivity index (χ2v) is 6.76. The Morgan fingerprint density at radius 1 is 1.48 bits per heavy atom. The van der Waals surface area contributed by atoms with Crippen LogP contribution < -0.4 is 4.31 Å². The Hall–Kier alpha value is -1.86. The third-order valence-corrected chi connectivity index (χ3v) is 5.18. The summed E-state index contributed by atoms with van der Waals surface area (Å²) in [7, 11) is 0. The quantitative estimate of drug-likeness (QED) is 0.619. The summed E-state index contributed by atoms with van der Waals surface area (Å²) in [6.45, 7) is 5.67. The molecular formula is C16H18NO5S-. The van der Waals surface area contributed by atoms with Gasteiger partial charge in [-0.25, -0.2) is 4.79 Å². The summed E-state index contributed by atoms with van der Waals surface area (Å²) < 4.78 is 35.2. The number of fused-ring (bicyclic) bond motifs is 1. The molecule has 0 radical (unpaired) electrons. The minimum absolute atomic E-state index is 0.159. The standard InChI is InChI=1S/C16H19NO5S/c1-4-21-15(18)14-10(2)12-9-11(5-6-13(12)22-14)17(23(19)20)16(3)7-8-16/h5-6,9H,4,7-8H2,1-3H3,(H,19,20)/p-1. The fourth-order valence-corrected chi connectivity index (χ4v) is 3.52. The van der Waals surface area contributed by atoms with Gasteiger partial charge < -0.3 is 13.7 Å². The van der Waals surface area contributed by atoms with Gasteiger partial charge in [0.2, 0.25) is 5.76 Å². The Kier molecular flexibility index (Phi) is 3.93. The van der Waals surface area contributed by atoms with Gasteiger partial charge in [0, 0.05) is 27.9 Å². The zero-order chi connectivity index (χ0) is 16.8. The number of aryl methyl sites for hydroxylation is 1. The normalized spacial score (nSPS) is 17.0. The van der Waals surface area contributed by atoms with Gasteiger partial charge >= 0.3 is 5.97 Å². The number of esters is 1. The van der Waals surface area contributed by atoms with E-state index in [4.69, 9.17) is 9.15 Å². The van der Waals surface area contributed by atoms with Gasteiger partial charge in [0.15, 0.2) is 0 Å². The topological polar surface area (TPSA) is 82.8 Å². The lowest BCUT2D eigenvalue weighted by molar-refractivity contribution is 0.0491. The zero-order valence-corrected chi connectivity index (χ0v) is 14.1. The zero-order valence-electron chi connectivity index (χ0n) is 13.3. The molecule has 0 spiro atoms. The van der Waals surface area contributed by atoms with Crippen LogP contribution in [0.4, 0.5) is 5.69 Å². The highest BCUT2D eigenvalue weighted by molar-refractivity contribution is 7.80. The Labute approximate surface area is 136 Å². The average molecular weight is 336 g/mol. The molecule has 124 valence electrons. The fourth-order valence-electron chi connectivity index (χ4n) is 2.69. The van der Waals surface area contributed by atoms with Gasteiger partial charge in [0.25, 0.3) is 0 Å². The number of benzene rings is 1. The number of hydrogen-bond donors (Lipinski definition) is 0. The third-order valence-electron chi connectivity index (χ3n) is 4.23. The number of ether oxygens (including phenoxy) is 1. The number of anilines is 1. The SMILES string of the molecule is CCOC(=O)c1oc2ccc(N(S(=O)[O-])C3(C)CC3)cc2c1C. The summed E-state index contributed by atoms with van der Waals surface area (Å²) in [5.74, 6) is -0.354. The lowest BCUT2D eigenvalue weighted by atomic mass is 10.1. The van der Waals surface area contributed by atoms with Gasteiger partial charge in [-0.15, -0.1) is 0 Å². The second kappa shape index (κ2) is 5.65. The molecular weight excluding hydrogens is 318 g/mol. The lowest BCUT2D eigenvalue weighted by Crippen LogP contribution is -2.36. The number of rotatable bonds is 5. The number of carbonyl (C=O) groups is 1. The highest BCUT2D eigenvalue weighted by atomic mass is 32.2. The van der Waals surface area contributed by atoms with E-state index in [1.807, 2.05) is 6.92 Å². The van der Waals surface area contributed by atoms with Crippen molar-refractivity contribution in [2.24, 2.45) is 0 Å². The van der Waals surface area contributed by atoms with Crippen molar-refractivity contribution in [1.29, 1.82) is 0 Å². The molecule has 1 fully saturated rings. The molecule has 23 heavy (non-hydrogen) atoms. The first-order valence-corrected chi connectivity index (χ1v) is 8.50. The number of hydrogen-bond acceptors (Lipinski definition) is 5. The summed E-state index contributed by atoms with van der Waals surface area (Å²) in [6.07, 6.45) is 1.66. The predicted octanol–water partition coefficient (Wildman–Crippen LogP) is 3.07. The van der Waals surface area contributed by atoms with Crippen molar-refractivity contribution in [1.82, 2.24) is 0 Å². The molecule has 1 aliphatic rings. The first-order valence-electron chi connectivity index (χ1n) is 7.47. The second-order valence-electron chi connectivity index (χ2n) is 5.97. The summed E-state index contributed by atoms with van der Waals surface area (Å²) in [5.41, 5.74) is 1.40. The van der Waals surface area contributed by atoms with Gasteiger partial charge in [-0.2, -0.15) is 0 Å². The van der Waals surface area contributed by atoms with Crippen LogP contribution in [0.5, 0.6) is 0 Å². The van der Waals surface area contributed by atoms with Crippen LogP contribution in [0.3, 0.4) is 0 Å². The molecule has 1 saturated carbocycles. The molecule has 1 aromatic carbocycles. The highest BCUT2D eigenvalue weighted by Crippen LogP contribution is 2.45. The maximum absolute atomic E-state index is 11.9. The predicted molar refractivity (Wildman–Crippen MR) is 85.9 cm³/mol. The van der Waals surface area contributed by atoms with Gasteiger partial charge in [0.05, 0.1) is 12.1 Å². The molecule has 0 saturated heterocycles. The Morgan fingerprint density at radius 2 is 2.17 bits per heavy atom.